The maximum absolute atomic E-state index is 11.6. The Kier molecular flexibility index (Phi) is 3.34. The fraction of sp³-hybridized carbons (Fsp3) is 0.900. The van der Waals surface area contributed by atoms with Crippen molar-refractivity contribution in [3.8, 4) is 0 Å². The smallest absolute Gasteiger partial charge is 0.238 e. The van der Waals surface area contributed by atoms with E-state index in [1.807, 2.05) is 0 Å². The lowest BCUT2D eigenvalue weighted by Crippen LogP contribution is -2.43. The normalized spacial score (nSPS) is 28.8. The van der Waals surface area contributed by atoms with E-state index in [1.54, 1.807) is 11.8 Å². The van der Waals surface area contributed by atoms with Gasteiger partial charge in [0, 0.05) is 18.2 Å². The Morgan fingerprint density at radius 2 is 2.43 bits per heavy atom. The Morgan fingerprint density at radius 1 is 1.64 bits per heavy atom. The summed E-state index contributed by atoms with van der Waals surface area (Å²) in [6.07, 6.45) is 2.71. The molecule has 2 aliphatic rings. The van der Waals surface area contributed by atoms with E-state index in [2.05, 4.69) is 17.6 Å². The average Bonchev–Trinajstić information content (AvgIpc) is 2.90. The van der Waals surface area contributed by atoms with Crippen molar-refractivity contribution in [2.24, 2.45) is 11.8 Å². The highest BCUT2D eigenvalue weighted by Crippen LogP contribution is 2.36. The van der Waals surface area contributed by atoms with Crippen LogP contribution in [0.25, 0.3) is 0 Å². The monoisotopic (exact) mass is 214 g/mol. The molecule has 0 aromatic rings. The van der Waals surface area contributed by atoms with Crippen LogP contribution in [0, 0.1) is 11.8 Å². The quantitative estimate of drug-likeness (QED) is 0.727. The molecular formula is C10H18N2OS. The SMILES string of the molecule is CC(CNC(=O)C1CSCN1)C1CC1. The Bertz CT molecular complexity index is 212. The number of carbonyl (C=O) groups is 1. The maximum atomic E-state index is 11.6. The van der Waals surface area contributed by atoms with Crippen LogP contribution >= 0.6 is 11.8 Å². The fourth-order valence-corrected chi connectivity index (χ4v) is 2.72. The molecule has 80 valence electrons. The van der Waals surface area contributed by atoms with E-state index in [1.165, 1.54) is 12.8 Å². The third kappa shape index (κ3) is 2.64. The summed E-state index contributed by atoms with van der Waals surface area (Å²) in [5.74, 6) is 3.55. The number of nitrogens with one attached hydrogen (secondary N) is 2. The van der Waals surface area contributed by atoms with Gasteiger partial charge in [0.05, 0.1) is 6.04 Å². The fourth-order valence-electron chi connectivity index (χ4n) is 1.78. The highest BCUT2D eigenvalue weighted by molar-refractivity contribution is 7.99. The van der Waals surface area contributed by atoms with Gasteiger partial charge >= 0.3 is 0 Å². The van der Waals surface area contributed by atoms with Crippen LogP contribution < -0.4 is 10.6 Å². The summed E-state index contributed by atoms with van der Waals surface area (Å²) in [7, 11) is 0. The van der Waals surface area contributed by atoms with Crippen molar-refractivity contribution in [3.63, 3.8) is 0 Å². The standard InChI is InChI=1S/C10H18N2OS/c1-7(8-2-3-8)4-11-10(13)9-5-14-6-12-9/h7-9,12H,2-6H2,1H3,(H,11,13). The predicted molar refractivity (Wildman–Crippen MR) is 59.1 cm³/mol. The summed E-state index contributed by atoms with van der Waals surface area (Å²) in [5.41, 5.74) is 0. The number of thioether (sulfide) groups is 1. The van der Waals surface area contributed by atoms with E-state index < -0.39 is 0 Å². The molecule has 0 bridgehead atoms. The van der Waals surface area contributed by atoms with Gasteiger partial charge in [-0.15, -0.1) is 11.8 Å². The minimum absolute atomic E-state index is 0.0476. The first-order valence-corrected chi connectivity index (χ1v) is 6.51. The van der Waals surface area contributed by atoms with Gasteiger partial charge in [-0.1, -0.05) is 6.92 Å². The van der Waals surface area contributed by atoms with E-state index in [-0.39, 0.29) is 11.9 Å². The number of rotatable bonds is 4. The second-order valence-corrected chi connectivity index (χ2v) is 5.36. The molecule has 1 amide bonds. The average molecular weight is 214 g/mol. The van der Waals surface area contributed by atoms with E-state index in [0.717, 1.165) is 24.1 Å². The molecule has 14 heavy (non-hydrogen) atoms. The Labute approximate surface area is 89.4 Å². The Morgan fingerprint density at radius 3 is 3.00 bits per heavy atom. The molecule has 2 unspecified atom stereocenters. The molecule has 1 saturated carbocycles. The topological polar surface area (TPSA) is 41.1 Å². The van der Waals surface area contributed by atoms with Gasteiger partial charge in [-0.3, -0.25) is 10.1 Å². The van der Waals surface area contributed by atoms with Crippen LogP contribution in [0.5, 0.6) is 0 Å². The molecule has 2 fully saturated rings. The van der Waals surface area contributed by atoms with Crippen molar-refractivity contribution < 1.29 is 4.79 Å². The Hall–Kier alpha value is -0.220. The van der Waals surface area contributed by atoms with Gasteiger partial charge in [-0.2, -0.15) is 0 Å². The van der Waals surface area contributed by atoms with Crippen molar-refractivity contribution in [2.75, 3.05) is 18.2 Å². The van der Waals surface area contributed by atoms with Crippen LogP contribution in [0.1, 0.15) is 19.8 Å². The first kappa shape index (κ1) is 10.3. The number of hydrogen-bond donors (Lipinski definition) is 2. The zero-order valence-electron chi connectivity index (χ0n) is 8.58. The molecule has 0 radical (unpaired) electrons. The lowest BCUT2D eigenvalue weighted by Gasteiger charge is -2.14. The second-order valence-electron chi connectivity index (χ2n) is 4.33. The van der Waals surface area contributed by atoms with Gasteiger partial charge in [0.15, 0.2) is 0 Å². The van der Waals surface area contributed by atoms with Crippen molar-refractivity contribution in [1.82, 2.24) is 10.6 Å². The van der Waals surface area contributed by atoms with Crippen molar-refractivity contribution in [3.05, 3.63) is 0 Å². The highest BCUT2D eigenvalue weighted by atomic mass is 32.2. The summed E-state index contributed by atoms with van der Waals surface area (Å²) in [4.78, 5) is 11.6. The zero-order chi connectivity index (χ0) is 9.97. The summed E-state index contributed by atoms with van der Waals surface area (Å²) < 4.78 is 0. The molecule has 0 aromatic carbocycles. The first-order valence-electron chi connectivity index (χ1n) is 5.36. The van der Waals surface area contributed by atoms with Crippen LogP contribution in [-0.2, 0) is 4.79 Å². The summed E-state index contributed by atoms with van der Waals surface area (Å²) in [6.45, 7) is 3.08. The first-order chi connectivity index (χ1) is 6.77. The number of carbonyl (C=O) groups excluding carboxylic acids is 1. The summed E-state index contributed by atoms with van der Waals surface area (Å²) >= 11 is 1.79. The van der Waals surface area contributed by atoms with Crippen molar-refractivity contribution in [2.45, 2.75) is 25.8 Å². The molecule has 1 aliphatic heterocycles. The largest absolute Gasteiger partial charge is 0.354 e. The maximum Gasteiger partial charge on any atom is 0.238 e. The summed E-state index contributed by atoms with van der Waals surface area (Å²) in [5, 5.41) is 6.21. The Balaban J connectivity index is 1.66. The molecule has 2 rings (SSSR count). The summed E-state index contributed by atoms with van der Waals surface area (Å²) in [6, 6.07) is 0.0476. The van der Waals surface area contributed by atoms with Gasteiger partial charge in [0.25, 0.3) is 0 Å². The number of hydrogen-bond acceptors (Lipinski definition) is 3. The molecular weight excluding hydrogens is 196 g/mol. The van der Waals surface area contributed by atoms with Gasteiger partial charge in [0.1, 0.15) is 0 Å². The molecule has 2 N–H and O–H groups in total. The van der Waals surface area contributed by atoms with Gasteiger partial charge in [-0.05, 0) is 24.7 Å². The molecule has 0 aromatic heterocycles. The van der Waals surface area contributed by atoms with Crippen LogP contribution in [0.3, 0.4) is 0 Å². The van der Waals surface area contributed by atoms with Crippen LogP contribution in [0.15, 0.2) is 0 Å². The lowest BCUT2D eigenvalue weighted by atomic mass is 10.1. The second kappa shape index (κ2) is 4.53. The van der Waals surface area contributed by atoms with E-state index in [9.17, 15) is 4.79 Å². The number of amides is 1. The van der Waals surface area contributed by atoms with Crippen LogP contribution in [0.4, 0.5) is 0 Å². The molecule has 1 heterocycles. The van der Waals surface area contributed by atoms with Gasteiger partial charge in [0.2, 0.25) is 5.91 Å². The third-order valence-electron chi connectivity index (χ3n) is 3.06. The van der Waals surface area contributed by atoms with E-state index in [0.29, 0.717) is 5.92 Å². The lowest BCUT2D eigenvalue weighted by molar-refractivity contribution is -0.122. The third-order valence-corrected chi connectivity index (χ3v) is 4.00. The van der Waals surface area contributed by atoms with Crippen LogP contribution in [0.2, 0.25) is 0 Å². The van der Waals surface area contributed by atoms with Gasteiger partial charge in [-0.25, -0.2) is 0 Å². The minimum Gasteiger partial charge on any atom is -0.354 e. The molecule has 2 atom stereocenters. The molecule has 3 nitrogen and oxygen atoms in total. The van der Waals surface area contributed by atoms with Crippen molar-refractivity contribution in [1.29, 1.82) is 0 Å². The highest BCUT2D eigenvalue weighted by Gasteiger charge is 2.29. The van der Waals surface area contributed by atoms with Crippen LogP contribution in [-0.4, -0.2) is 30.1 Å². The molecule has 4 heteroatoms. The van der Waals surface area contributed by atoms with Crippen molar-refractivity contribution >= 4 is 17.7 Å². The van der Waals surface area contributed by atoms with E-state index in [4.69, 9.17) is 0 Å². The molecule has 1 aliphatic carbocycles. The molecule has 0 spiro atoms. The van der Waals surface area contributed by atoms with Gasteiger partial charge < -0.3 is 5.32 Å². The minimum atomic E-state index is 0.0476. The van der Waals surface area contributed by atoms with E-state index >= 15 is 0 Å². The zero-order valence-corrected chi connectivity index (χ0v) is 9.40. The molecule has 1 saturated heterocycles. The predicted octanol–water partition coefficient (Wildman–Crippen LogP) is 0.811.